The molecule has 17 heteroatoms. The van der Waals surface area contributed by atoms with Gasteiger partial charge in [0.05, 0.1) is 24.6 Å². The number of hydrogen-bond acceptors (Lipinski definition) is 9. The number of nitrogens with one attached hydrogen (secondary N) is 3. The molecular weight excluding hydrogens is 709 g/mol. The highest BCUT2D eigenvalue weighted by Gasteiger charge is 2.48. The van der Waals surface area contributed by atoms with Gasteiger partial charge in [-0.1, -0.05) is 44.9 Å². The lowest BCUT2D eigenvalue weighted by atomic mass is 9.85. The average molecular weight is 757 g/mol. The molecule has 4 bridgehead atoms. The normalized spacial score (nSPS) is 24.2. The summed E-state index contributed by atoms with van der Waals surface area (Å²) < 4.78 is 82.5. The first-order valence-electron chi connectivity index (χ1n) is 17.4. The highest BCUT2D eigenvalue weighted by molar-refractivity contribution is 7.91. The fourth-order valence-corrected chi connectivity index (χ4v) is 7.36. The van der Waals surface area contributed by atoms with Crippen LogP contribution in [-0.4, -0.2) is 85.6 Å². The van der Waals surface area contributed by atoms with E-state index >= 15 is 0 Å². The zero-order valence-corrected chi connectivity index (χ0v) is 30.3. The minimum Gasteiger partial charge on any atom is -0.450 e. The Balaban J connectivity index is 1.66. The Kier molecular flexibility index (Phi) is 13.4. The maximum Gasteiger partial charge on any atom is 0.573 e. The maximum absolute atomic E-state index is 14.2. The molecule has 4 rings (SSSR count). The van der Waals surface area contributed by atoms with E-state index in [1.807, 2.05) is 6.92 Å². The van der Waals surface area contributed by atoms with Gasteiger partial charge in [-0.15, -0.1) is 19.8 Å². The molecule has 2 aliphatic heterocycles. The first kappa shape index (κ1) is 40.6. The minimum atomic E-state index is -4.94. The summed E-state index contributed by atoms with van der Waals surface area (Å²) in [6, 6.07) is 1.70. The molecule has 52 heavy (non-hydrogen) atoms. The number of carbonyl (C=O) groups excluding carboxylic acids is 4. The van der Waals surface area contributed by atoms with E-state index in [9.17, 15) is 40.8 Å². The van der Waals surface area contributed by atoms with Crippen molar-refractivity contribution in [2.24, 2.45) is 5.92 Å². The fraction of sp³-hybridized carbons (Fsp3) is 0.600. The van der Waals surface area contributed by atoms with Gasteiger partial charge in [-0.25, -0.2) is 13.2 Å². The molecule has 3 aliphatic rings. The first-order valence-corrected chi connectivity index (χ1v) is 18.9. The van der Waals surface area contributed by atoms with Gasteiger partial charge in [0, 0.05) is 18.9 Å². The molecule has 1 aromatic rings. The molecule has 1 saturated heterocycles. The average Bonchev–Trinajstić information content (AvgIpc) is 3.85. The number of alkyl carbamates (subject to hydrolysis) is 1. The molecule has 1 aliphatic carbocycles. The Morgan fingerprint density at radius 3 is 2.60 bits per heavy atom. The van der Waals surface area contributed by atoms with Crippen LogP contribution in [0.1, 0.15) is 83.3 Å². The van der Waals surface area contributed by atoms with Gasteiger partial charge in [-0.3, -0.25) is 19.1 Å². The van der Waals surface area contributed by atoms with Crippen molar-refractivity contribution >= 4 is 39.9 Å². The van der Waals surface area contributed by atoms with Gasteiger partial charge in [0.15, 0.2) is 0 Å². The molecule has 4 amide bonds. The van der Waals surface area contributed by atoms with Crippen molar-refractivity contribution in [3.8, 4) is 5.75 Å². The van der Waals surface area contributed by atoms with E-state index in [-0.39, 0.29) is 32.6 Å². The summed E-state index contributed by atoms with van der Waals surface area (Å²) in [5.74, 6) is -3.60. The third-order valence-electron chi connectivity index (χ3n) is 9.37. The number of cyclic esters (lactones) is 1. The number of alkyl halides is 3. The number of allylic oxidation sites excluding steroid dienone is 1. The van der Waals surface area contributed by atoms with Crippen LogP contribution >= 0.6 is 0 Å². The van der Waals surface area contributed by atoms with Crippen LogP contribution < -0.4 is 20.1 Å². The molecule has 2 heterocycles. The molecule has 0 aromatic heterocycles. The fourth-order valence-electron chi connectivity index (χ4n) is 5.97. The topological polar surface area (TPSA) is 169 Å². The van der Waals surface area contributed by atoms with Crippen LogP contribution in [0.2, 0.25) is 0 Å². The van der Waals surface area contributed by atoms with Crippen LogP contribution in [0.3, 0.4) is 0 Å². The Hall–Kier alpha value is -4.12. The molecule has 1 saturated carbocycles. The summed E-state index contributed by atoms with van der Waals surface area (Å²) in [4.78, 5) is 55.8. The third kappa shape index (κ3) is 10.9. The van der Waals surface area contributed by atoms with Crippen LogP contribution in [0.15, 0.2) is 36.9 Å². The second kappa shape index (κ2) is 17.1. The van der Waals surface area contributed by atoms with Gasteiger partial charge in [-0.05, 0) is 68.4 Å². The molecule has 0 unspecified atom stereocenters. The zero-order chi connectivity index (χ0) is 38.3. The number of halogens is 3. The maximum atomic E-state index is 14.2. The SMILES string of the molecule is C=C[C@H](C)[C@](C)(NC(=O)[C@@H]1C[C@@H]2CN1C(=O)[C@H](CCCC)NC(=O)OCCC/C=C/c1cc(cc(OC(F)(F)F)c1)CO2)C(=O)NS(=O)(=O)C1CC1. The summed E-state index contributed by atoms with van der Waals surface area (Å²) in [7, 11) is -3.98. The lowest BCUT2D eigenvalue weighted by Gasteiger charge is -2.36. The van der Waals surface area contributed by atoms with Crippen molar-refractivity contribution in [1.29, 1.82) is 0 Å². The molecule has 3 N–H and O–H groups in total. The summed E-state index contributed by atoms with van der Waals surface area (Å²) in [5, 5.41) is 4.58. The van der Waals surface area contributed by atoms with Crippen molar-refractivity contribution < 1.29 is 55.0 Å². The van der Waals surface area contributed by atoms with Crippen molar-refractivity contribution in [3.05, 3.63) is 48.1 Å². The van der Waals surface area contributed by atoms with Crippen LogP contribution in [0, 0.1) is 5.92 Å². The summed E-state index contributed by atoms with van der Waals surface area (Å²) >= 11 is 0. The molecule has 0 spiro atoms. The lowest BCUT2D eigenvalue weighted by Crippen LogP contribution is -2.64. The second-order valence-electron chi connectivity index (χ2n) is 13.5. The number of carbonyl (C=O) groups is 4. The number of amides is 4. The molecule has 5 atom stereocenters. The highest BCUT2D eigenvalue weighted by atomic mass is 32.2. The van der Waals surface area contributed by atoms with Crippen molar-refractivity contribution in [2.75, 3.05) is 13.2 Å². The van der Waals surface area contributed by atoms with Gasteiger partial charge < -0.3 is 29.7 Å². The molecule has 288 valence electrons. The third-order valence-corrected chi connectivity index (χ3v) is 11.2. The quantitative estimate of drug-likeness (QED) is 0.276. The van der Waals surface area contributed by atoms with Crippen LogP contribution in [0.4, 0.5) is 18.0 Å². The second-order valence-corrected chi connectivity index (χ2v) is 15.5. The Morgan fingerprint density at radius 2 is 1.94 bits per heavy atom. The van der Waals surface area contributed by atoms with E-state index < -0.39 is 80.8 Å². The zero-order valence-electron chi connectivity index (χ0n) is 29.5. The summed E-state index contributed by atoms with van der Waals surface area (Å²) in [6.07, 6.45) is 1.14. The van der Waals surface area contributed by atoms with E-state index in [1.54, 1.807) is 25.1 Å². The van der Waals surface area contributed by atoms with Crippen molar-refractivity contribution in [2.45, 2.75) is 114 Å². The van der Waals surface area contributed by atoms with Gasteiger partial charge in [0.1, 0.15) is 23.4 Å². The predicted octanol–water partition coefficient (Wildman–Crippen LogP) is 4.47. The summed E-state index contributed by atoms with van der Waals surface area (Å²) in [5.41, 5.74) is -1.07. The Labute approximate surface area is 301 Å². The number of unbranched alkanes of at least 4 members (excludes halogenated alkanes) is 1. The van der Waals surface area contributed by atoms with Gasteiger partial charge in [0.2, 0.25) is 21.8 Å². The number of fused-ring (bicyclic) bond motifs is 4. The largest absolute Gasteiger partial charge is 0.573 e. The number of rotatable bonds is 11. The minimum absolute atomic E-state index is 0.00338. The smallest absolute Gasteiger partial charge is 0.450 e. The van der Waals surface area contributed by atoms with Crippen molar-refractivity contribution in [1.82, 2.24) is 20.3 Å². The highest BCUT2D eigenvalue weighted by Crippen LogP contribution is 2.31. The van der Waals surface area contributed by atoms with E-state index in [0.717, 1.165) is 0 Å². The molecule has 0 radical (unpaired) electrons. The van der Waals surface area contributed by atoms with Gasteiger partial charge in [0.25, 0.3) is 5.91 Å². The number of sulfonamides is 1. The number of ether oxygens (including phenoxy) is 3. The number of nitrogens with zero attached hydrogens (tertiary/aromatic N) is 1. The monoisotopic (exact) mass is 756 g/mol. The number of benzene rings is 1. The van der Waals surface area contributed by atoms with Crippen LogP contribution in [0.5, 0.6) is 5.75 Å². The van der Waals surface area contributed by atoms with E-state index in [0.29, 0.717) is 49.7 Å². The van der Waals surface area contributed by atoms with E-state index in [4.69, 9.17) is 9.47 Å². The number of hydrogen-bond donors (Lipinski definition) is 3. The predicted molar refractivity (Wildman–Crippen MR) is 184 cm³/mol. The van der Waals surface area contributed by atoms with E-state index in [2.05, 4.69) is 26.7 Å². The van der Waals surface area contributed by atoms with Crippen LogP contribution in [-0.2, 0) is 40.5 Å². The Bertz CT molecular complexity index is 1630. The molecular formula is C35H47F3N4O9S. The van der Waals surface area contributed by atoms with Crippen molar-refractivity contribution in [3.63, 3.8) is 0 Å². The molecule has 1 aromatic carbocycles. The first-order chi connectivity index (χ1) is 24.5. The lowest BCUT2D eigenvalue weighted by molar-refractivity contribution is -0.274. The van der Waals surface area contributed by atoms with Gasteiger partial charge in [-0.2, -0.15) is 0 Å². The summed E-state index contributed by atoms with van der Waals surface area (Å²) in [6.45, 7) is 8.22. The van der Waals surface area contributed by atoms with Crippen LogP contribution in [0.25, 0.3) is 6.08 Å². The van der Waals surface area contributed by atoms with E-state index in [1.165, 1.54) is 30.0 Å². The Morgan fingerprint density at radius 1 is 1.21 bits per heavy atom. The van der Waals surface area contributed by atoms with Gasteiger partial charge >= 0.3 is 12.5 Å². The molecule has 13 nitrogen and oxygen atoms in total. The molecule has 2 fully saturated rings. The standard InChI is InChI=1S/C35H47F3N4O9S/c1-5-7-12-28-31(44)42-20-26(19-29(42)30(43)40-34(4,22(3)6-2)32(45)41-52(47,48)27-13-14-27)50-21-24-16-23(17-25(18-24)51-35(36,37)38)11-9-8-10-15-49-33(46)39-28/h6,9,11,16-18,22,26-29H,2,5,7-8,10,12-15,19-21H2,1,3-4H3,(H,39,46)(H,40,43)(H,41,45)/b11-9+/t22-,26+,28-,29-,34-/m0/s1.